The number of nitrogens with one attached hydrogen (secondary N) is 1. The van der Waals surface area contributed by atoms with Gasteiger partial charge in [0.15, 0.2) is 11.5 Å². The van der Waals surface area contributed by atoms with Crippen molar-refractivity contribution in [3.8, 4) is 11.5 Å². The predicted molar refractivity (Wildman–Crippen MR) is 106 cm³/mol. The number of hydrogen-bond acceptors (Lipinski definition) is 5. The highest BCUT2D eigenvalue weighted by Crippen LogP contribution is 2.37. The van der Waals surface area contributed by atoms with E-state index in [0.29, 0.717) is 40.3 Å². The number of rotatable bonds is 8. The molecule has 0 aromatic heterocycles. The van der Waals surface area contributed by atoms with E-state index in [-0.39, 0.29) is 6.61 Å². The maximum absolute atomic E-state index is 11.2. The standard InChI is InChI=1S/C19H20Cl2N2O4/c1-3-25-17-10-14(11-22-23-19(24)26-4-2)9-16(21)18(17)27-12-13-5-7-15(20)8-6-13/h5-11H,3-4,12H2,1-2H3,(H,23,24). The molecular formula is C19H20Cl2N2O4. The summed E-state index contributed by atoms with van der Waals surface area (Å²) in [6.45, 7) is 4.59. The van der Waals surface area contributed by atoms with E-state index < -0.39 is 6.09 Å². The van der Waals surface area contributed by atoms with Crippen LogP contribution in [-0.2, 0) is 11.3 Å². The summed E-state index contributed by atoms with van der Waals surface area (Å²) in [6.07, 6.45) is 0.807. The van der Waals surface area contributed by atoms with Crippen molar-refractivity contribution in [2.24, 2.45) is 5.10 Å². The van der Waals surface area contributed by atoms with Crippen molar-refractivity contribution in [1.82, 2.24) is 5.43 Å². The van der Waals surface area contributed by atoms with Crippen LogP contribution in [0.5, 0.6) is 11.5 Å². The monoisotopic (exact) mass is 410 g/mol. The number of halogens is 2. The molecule has 0 aliphatic heterocycles. The van der Waals surface area contributed by atoms with Crippen LogP contribution in [-0.4, -0.2) is 25.5 Å². The van der Waals surface area contributed by atoms with Crippen LogP contribution >= 0.6 is 23.2 Å². The van der Waals surface area contributed by atoms with Crippen LogP contribution in [0.1, 0.15) is 25.0 Å². The van der Waals surface area contributed by atoms with E-state index in [1.54, 1.807) is 31.2 Å². The van der Waals surface area contributed by atoms with Crippen LogP contribution in [0.25, 0.3) is 0 Å². The van der Waals surface area contributed by atoms with Crippen LogP contribution in [0, 0.1) is 0 Å². The van der Waals surface area contributed by atoms with Gasteiger partial charge in [-0.15, -0.1) is 0 Å². The highest BCUT2D eigenvalue weighted by Gasteiger charge is 2.12. The summed E-state index contributed by atoms with van der Waals surface area (Å²) >= 11 is 12.2. The average molecular weight is 411 g/mol. The minimum Gasteiger partial charge on any atom is -0.490 e. The molecule has 0 spiro atoms. The second-order valence-corrected chi connectivity index (χ2v) is 6.11. The van der Waals surface area contributed by atoms with Gasteiger partial charge in [0.1, 0.15) is 6.61 Å². The molecule has 0 bridgehead atoms. The number of hydrazone groups is 1. The van der Waals surface area contributed by atoms with Crippen molar-refractivity contribution >= 4 is 35.5 Å². The summed E-state index contributed by atoms with van der Waals surface area (Å²) in [5, 5.41) is 4.84. The van der Waals surface area contributed by atoms with Gasteiger partial charge in [-0.05, 0) is 49.2 Å². The van der Waals surface area contributed by atoms with Crippen molar-refractivity contribution in [3.05, 3.63) is 57.6 Å². The van der Waals surface area contributed by atoms with Gasteiger partial charge in [0, 0.05) is 5.02 Å². The molecule has 0 aliphatic carbocycles. The predicted octanol–water partition coefficient (Wildman–Crippen LogP) is 5.05. The molecule has 0 radical (unpaired) electrons. The van der Waals surface area contributed by atoms with E-state index in [4.69, 9.17) is 37.4 Å². The molecule has 0 heterocycles. The fourth-order valence-corrected chi connectivity index (χ4v) is 2.52. The zero-order valence-corrected chi connectivity index (χ0v) is 16.5. The molecule has 0 fully saturated rings. The van der Waals surface area contributed by atoms with Crippen molar-refractivity contribution in [1.29, 1.82) is 0 Å². The van der Waals surface area contributed by atoms with Crippen LogP contribution < -0.4 is 14.9 Å². The van der Waals surface area contributed by atoms with Gasteiger partial charge in [-0.1, -0.05) is 35.3 Å². The van der Waals surface area contributed by atoms with Gasteiger partial charge < -0.3 is 14.2 Å². The van der Waals surface area contributed by atoms with Crippen molar-refractivity contribution in [3.63, 3.8) is 0 Å². The zero-order valence-electron chi connectivity index (χ0n) is 15.0. The van der Waals surface area contributed by atoms with Crippen molar-refractivity contribution in [2.75, 3.05) is 13.2 Å². The molecular weight excluding hydrogens is 391 g/mol. The molecule has 1 amide bonds. The summed E-state index contributed by atoms with van der Waals surface area (Å²) in [5.74, 6) is 0.917. The third kappa shape index (κ3) is 6.66. The molecule has 1 N–H and O–H groups in total. The summed E-state index contributed by atoms with van der Waals surface area (Å²) < 4.78 is 16.2. The van der Waals surface area contributed by atoms with Gasteiger partial charge >= 0.3 is 6.09 Å². The third-order valence-electron chi connectivity index (χ3n) is 3.27. The maximum Gasteiger partial charge on any atom is 0.427 e. The summed E-state index contributed by atoms with van der Waals surface area (Å²) in [4.78, 5) is 11.2. The van der Waals surface area contributed by atoms with Gasteiger partial charge in [-0.2, -0.15) is 5.10 Å². The zero-order chi connectivity index (χ0) is 19.6. The van der Waals surface area contributed by atoms with E-state index in [1.165, 1.54) is 6.21 Å². The SMILES string of the molecule is CCOC(=O)NN=Cc1cc(Cl)c(OCc2ccc(Cl)cc2)c(OCC)c1. The largest absolute Gasteiger partial charge is 0.490 e. The Morgan fingerprint density at radius 3 is 2.52 bits per heavy atom. The molecule has 8 heteroatoms. The number of hydrogen-bond donors (Lipinski definition) is 1. The molecule has 0 atom stereocenters. The lowest BCUT2D eigenvalue weighted by Crippen LogP contribution is -2.18. The maximum atomic E-state index is 11.2. The van der Waals surface area contributed by atoms with E-state index in [1.807, 2.05) is 19.1 Å². The molecule has 144 valence electrons. The van der Waals surface area contributed by atoms with Gasteiger partial charge in [0.05, 0.1) is 24.5 Å². The summed E-state index contributed by atoms with van der Waals surface area (Å²) in [5.41, 5.74) is 3.84. The quantitative estimate of drug-likeness (QED) is 0.488. The van der Waals surface area contributed by atoms with Crippen LogP contribution in [0.2, 0.25) is 10.0 Å². The first kappa shape index (κ1) is 20.9. The molecule has 2 aromatic rings. The second kappa shape index (κ2) is 10.6. The lowest BCUT2D eigenvalue weighted by atomic mass is 10.2. The highest BCUT2D eigenvalue weighted by molar-refractivity contribution is 6.32. The van der Waals surface area contributed by atoms with Crippen molar-refractivity contribution < 1.29 is 19.0 Å². The average Bonchev–Trinajstić information content (AvgIpc) is 2.63. The Bertz CT molecular complexity index is 795. The number of carbonyl (C=O) groups excluding carboxylic acids is 1. The second-order valence-electron chi connectivity index (χ2n) is 5.27. The highest BCUT2D eigenvalue weighted by atomic mass is 35.5. The molecule has 0 saturated heterocycles. The molecule has 2 rings (SSSR count). The van der Waals surface area contributed by atoms with E-state index in [2.05, 4.69) is 10.5 Å². The minimum atomic E-state index is -0.632. The first-order valence-electron chi connectivity index (χ1n) is 8.32. The number of benzene rings is 2. The smallest absolute Gasteiger partial charge is 0.427 e. The first-order chi connectivity index (χ1) is 13.0. The van der Waals surface area contributed by atoms with Crippen LogP contribution in [0.3, 0.4) is 0 Å². The lowest BCUT2D eigenvalue weighted by Gasteiger charge is -2.14. The Kier molecular flexibility index (Phi) is 8.23. The Labute approximate surface area is 168 Å². The summed E-state index contributed by atoms with van der Waals surface area (Å²) in [7, 11) is 0. The van der Waals surface area contributed by atoms with Crippen LogP contribution in [0.4, 0.5) is 4.79 Å². The fourth-order valence-electron chi connectivity index (χ4n) is 2.12. The van der Waals surface area contributed by atoms with Gasteiger partial charge in [0.2, 0.25) is 0 Å². The Balaban J connectivity index is 2.13. The fraction of sp³-hybridized carbons (Fsp3) is 0.263. The molecule has 0 saturated carbocycles. The third-order valence-corrected chi connectivity index (χ3v) is 3.81. The topological polar surface area (TPSA) is 69.2 Å². The number of nitrogens with zero attached hydrogens (tertiary/aromatic N) is 1. The molecule has 27 heavy (non-hydrogen) atoms. The number of amides is 1. The lowest BCUT2D eigenvalue weighted by molar-refractivity contribution is 0.152. The van der Waals surface area contributed by atoms with Crippen LogP contribution in [0.15, 0.2) is 41.5 Å². The molecule has 6 nitrogen and oxygen atoms in total. The van der Waals surface area contributed by atoms with Gasteiger partial charge in [-0.3, -0.25) is 0 Å². The Morgan fingerprint density at radius 1 is 1.11 bits per heavy atom. The van der Waals surface area contributed by atoms with E-state index in [9.17, 15) is 4.79 Å². The minimum absolute atomic E-state index is 0.265. The Morgan fingerprint density at radius 2 is 1.85 bits per heavy atom. The summed E-state index contributed by atoms with van der Waals surface area (Å²) in [6, 6.07) is 10.7. The van der Waals surface area contributed by atoms with E-state index >= 15 is 0 Å². The molecule has 0 aliphatic rings. The van der Waals surface area contributed by atoms with Crippen molar-refractivity contribution in [2.45, 2.75) is 20.5 Å². The first-order valence-corrected chi connectivity index (χ1v) is 9.08. The Hall–Kier alpha value is -2.44. The number of ether oxygens (including phenoxy) is 3. The van der Waals surface area contributed by atoms with Gasteiger partial charge in [-0.25, -0.2) is 10.2 Å². The molecule has 0 unspecified atom stereocenters. The molecule has 2 aromatic carbocycles. The number of carbonyl (C=O) groups is 1. The normalized spacial score (nSPS) is 10.7. The van der Waals surface area contributed by atoms with Gasteiger partial charge in [0.25, 0.3) is 0 Å². The van der Waals surface area contributed by atoms with E-state index in [0.717, 1.165) is 5.56 Å².